The third-order valence-electron chi connectivity index (χ3n) is 6.63. The van der Waals surface area contributed by atoms with Crippen LogP contribution < -0.4 is 19.9 Å². The molecule has 32 heavy (non-hydrogen) atoms. The molecule has 1 N–H and O–H groups in total. The van der Waals surface area contributed by atoms with E-state index < -0.39 is 0 Å². The Balaban J connectivity index is 1.38. The Morgan fingerprint density at radius 3 is 2.78 bits per heavy atom. The molecule has 2 aromatic carbocycles. The molecule has 166 valence electrons. The molecule has 0 aliphatic carbocycles. The molecule has 1 amide bonds. The van der Waals surface area contributed by atoms with E-state index in [1.807, 2.05) is 12.1 Å². The van der Waals surface area contributed by atoms with Crippen molar-refractivity contribution in [1.29, 1.82) is 0 Å². The number of benzene rings is 2. The standard InChI is InChI=1S/C26H29N3O2S/c1-31-21-10-9-19-16-23(26(30)27-12-11-22-8-5-15-32-22)25-18-28(20-6-3-2-4-7-20)13-14-29(25)24(19)17-21/h2-10,15,17,23,25H,11-14,16,18H2,1H3,(H,27,30)/t23-,25+/m1/s1. The summed E-state index contributed by atoms with van der Waals surface area (Å²) in [5.74, 6) is 0.950. The van der Waals surface area contributed by atoms with E-state index in [0.29, 0.717) is 6.54 Å². The molecule has 0 radical (unpaired) electrons. The van der Waals surface area contributed by atoms with Gasteiger partial charge in [-0.15, -0.1) is 11.3 Å². The van der Waals surface area contributed by atoms with Crippen molar-refractivity contribution in [1.82, 2.24) is 5.32 Å². The highest BCUT2D eigenvalue weighted by atomic mass is 32.1. The first-order valence-electron chi connectivity index (χ1n) is 11.3. The zero-order valence-electron chi connectivity index (χ0n) is 18.4. The fourth-order valence-corrected chi connectivity index (χ4v) is 5.68. The van der Waals surface area contributed by atoms with E-state index in [2.05, 4.69) is 69.0 Å². The number of nitrogens with one attached hydrogen (secondary N) is 1. The maximum absolute atomic E-state index is 13.4. The zero-order valence-corrected chi connectivity index (χ0v) is 19.2. The summed E-state index contributed by atoms with van der Waals surface area (Å²) in [5.41, 5.74) is 3.67. The monoisotopic (exact) mass is 447 g/mol. The second-order valence-electron chi connectivity index (χ2n) is 8.47. The second-order valence-corrected chi connectivity index (χ2v) is 9.50. The van der Waals surface area contributed by atoms with Crippen LogP contribution in [0.15, 0.2) is 66.0 Å². The summed E-state index contributed by atoms with van der Waals surface area (Å²) >= 11 is 1.74. The van der Waals surface area contributed by atoms with Crippen molar-refractivity contribution in [3.05, 3.63) is 76.5 Å². The Morgan fingerprint density at radius 1 is 1.12 bits per heavy atom. The van der Waals surface area contributed by atoms with Gasteiger partial charge in [0.25, 0.3) is 0 Å². The number of methoxy groups -OCH3 is 1. The predicted octanol–water partition coefficient (Wildman–Crippen LogP) is 3.98. The van der Waals surface area contributed by atoms with Gasteiger partial charge < -0.3 is 19.9 Å². The first kappa shape index (κ1) is 20.9. The lowest BCUT2D eigenvalue weighted by atomic mass is 9.83. The molecular weight excluding hydrogens is 418 g/mol. The molecule has 0 saturated carbocycles. The van der Waals surface area contributed by atoms with Crippen LogP contribution in [-0.4, -0.2) is 45.2 Å². The fourth-order valence-electron chi connectivity index (χ4n) is 4.97. The summed E-state index contributed by atoms with van der Waals surface area (Å²) in [7, 11) is 1.71. The lowest BCUT2D eigenvalue weighted by Crippen LogP contribution is -2.61. The van der Waals surface area contributed by atoms with Crippen LogP contribution in [0.3, 0.4) is 0 Å². The molecule has 2 atom stereocenters. The minimum atomic E-state index is -0.0780. The lowest BCUT2D eigenvalue weighted by molar-refractivity contribution is -0.125. The molecule has 3 aromatic rings. The smallest absolute Gasteiger partial charge is 0.225 e. The van der Waals surface area contributed by atoms with Gasteiger partial charge in [0.05, 0.1) is 19.1 Å². The zero-order chi connectivity index (χ0) is 21.9. The number of carbonyl (C=O) groups excluding carboxylic acids is 1. The number of rotatable bonds is 6. The van der Waals surface area contributed by atoms with E-state index in [1.165, 1.54) is 21.8 Å². The van der Waals surface area contributed by atoms with Crippen molar-refractivity contribution >= 4 is 28.6 Å². The molecule has 2 aliphatic rings. The molecule has 0 spiro atoms. The third-order valence-corrected chi connectivity index (χ3v) is 7.57. The summed E-state index contributed by atoms with van der Waals surface area (Å²) in [5, 5.41) is 5.31. The molecule has 0 unspecified atom stereocenters. The van der Waals surface area contributed by atoms with Gasteiger partial charge in [-0.2, -0.15) is 0 Å². The first-order chi connectivity index (χ1) is 15.7. The van der Waals surface area contributed by atoms with Gasteiger partial charge in [-0.1, -0.05) is 30.3 Å². The number of amides is 1. The van der Waals surface area contributed by atoms with E-state index in [-0.39, 0.29) is 17.9 Å². The highest BCUT2D eigenvalue weighted by molar-refractivity contribution is 7.09. The maximum atomic E-state index is 13.4. The van der Waals surface area contributed by atoms with Crippen LogP contribution in [-0.2, 0) is 17.6 Å². The third kappa shape index (κ3) is 4.19. The largest absolute Gasteiger partial charge is 0.497 e. The second kappa shape index (κ2) is 9.25. The van der Waals surface area contributed by atoms with Gasteiger partial charge in [0.2, 0.25) is 5.91 Å². The molecule has 2 aliphatic heterocycles. The highest BCUT2D eigenvalue weighted by Gasteiger charge is 2.41. The number of para-hydroxylation sites is 1. The topological polar surface area (TPSA) is 44.8 Å². The van der Waals surface area contributed by atoms with Gasteiger partial charge in [0, 0.05) is 48.5 Å². The van der Waals surface area contributed by atoms with Crippen LogP contribution in [0.25, 0.3) is 0 Å². The van der Waals surface area contributed by atoms with Crippen molar-refractivity contribution in [2.75, 3.05) is 43.1 Å². The molecule has 6 heteroatoms. The normalized spacial score (nSPS) is 19.8. The van der Waals surface area contributed by atoms with E-state index in [9.17, 15) is 4.79 Å². The molecular formula is C26H29N3O2S. The lowest BCUT2D eigenvalue weighted by Gasteiger charge is -2.49. The minimum Gasteiger partial charge on any atom is -0.497 e. The number of anilines is 2. The number of carbonyl (C=O) groups is 1. The average Bonchev–Trinajstić information content (AvgIpc) is 3.37. The molecule has 5 rings (SSSR count). The van der Waals surface area contributed by atoms with Crippen molar-refractivity contribution in [3.8, 4) is 5.75 Å². The van der Waals surface area contributed by atoms with Gasteiger partial charge >= 0.3 is 0 Å². The number of thiophene rings is 1. The van der Waals surface area contributed by atoms with Crippen LogP contribution >= 0.6 is 11.3 Å². The highest BCUT2D eigenvalue weighted by Crippen LogP contribution is 2.38. The Hall–Kier alpha value is -2.99. The summed E-state index contributed by atoms with van der Waals surface area (Å²) in [6.07, 6.45) is 1.64. The number of piperazine rings is 1. The molecule has 1 saturated heterocycles. The van der Waals surface area contributed by atoms with Crippen LogP contribution in [0.1, 0.15) is 10.4 Å². The Labute approximate surface area is 193 Å². The SMILES string of the molecule is COc1ccc2c(c1)N1CCN(c3ccccc3)C[C@H]1[C@H](C(=O)NCCc1cccs1)C2. The number of hydrogen-bond donors (Lipinski definition) is 1. The van der Waals surface area contributed by atoms with Gasteiger partial charge in [-0.3, -0.25) is 4.79 Å². The van der Waals surface area contributed by atoms with E-state index in [1.54, 1.807) is 18.4 Å². The van der Waals surface area contributed by atoms with Crippen LogP contribution in [0, 0.1) is 5.92 Å². The average molecular weight is 448 g/mol. The summed E-state index contributed by atoms with van der Waals surface area (Å²) in [6.45, 7) is 3.34. The van der Waals surface area contributed by atoms with Gasteiger partial charge in [-0.05, 0) is 48.1 Å². The van der Waals surface area contributed by atoms with Crippen LogP contribution in [0.4, 0.5) is 11.4 Å². The number of fused-ring (bicyclic) bond motifs is 3. The van der Waals surface area contributed by atoms with E-state index in [0.717, 1.165) is 38.2 Å². The van der Waals surface area contributed by atoms with Gasteiger partial charge in [-0.25, -0.2) is 0 Å². The van der Waals surface area contributed by atoms with Crippen molar-refractivity contribution in [2.24, 2.45) is 5.92 Å². The number of ether oxygens (including phenoxy) is 1. The Morgan fingerprint density at radius 2 is 2.00 bits per heavy atom. The summed E-state index contributed by atoms with van der Waals surface area (Å²) < 4.78 is 5.50. The van der Waals surface area contributed by atoms with Crippen molar-refractivity contribution < 1.29 is 9.53 Å². The maximum Gasteiger partial charge on any atom is 0.225 e. The van der Waals surface area contributed by atoms with E-state index in [4.69, 9.17) is 4.74 Å². The van der Waals surface area contributed by atoms with Gasteiger partial charge in [0.1, 0.15) is 5.75 Å². The molecule has 1 fully saturated rings. The quantitative estimate of drug-likeness (QED) is 0.621. The van der Waals surface area contributed by atoms with Crippen molar-refractivity contribution in [3.63, 3.8) is 0 Å². The van der Waals surface area contributed by atoms with E-state index >= 15 is 0 Å². The first-order valence-corrected chi connectivity index (χ1v) is 12.1. The Bertz CT molecular complexity index is 1050. The molecule has 3 heterocycles. The van der Waals surface area contributed by atoms with Crippen LogP contribution in [0.5, 0.6) is 5.75 Å². The van der Waals surface area contributed by atoms with Crippen LogP contribution in [0.2, 0.25) is 0 Å². The summed E-state index contributed by atoms with van der Waals surface area (Å²) in [4.78, 5) is 19.5. The molecule has 0 bridgehead atoms. The fraction of sp³-hybridized carbons (Fsp3) is 0.346. The summed E-state index contributed by atoms with van der Waals surface area (Å²) in [6, 6.07) is 21.1. The number of nitrogens with zero attached hydrogens (tertiary/aromatic N) is 2. The van der Waals surface area contributed by atoms with Crippen molar-refractivity contribution in [2.45, 2.75) is 18.9 Å². The molecule has 5 nitrogen and oxygen atoms in total. The predicted molar refractivity (Wildman–Crippen MR) is 131 cm³/mol. The molecule has 1 aromatic heterocycles. The number of hydrogen-bond acceptors (Lipinski definition) is 5. The van der Waals surface area contributed by atoms with Gasteiger partial charge in [0.15, 0.2) is 0 Å². The minimum absolute atomic E-state index is 0.0780. The Kier molecular flexibility index (Phi) is 6.04.